The van der Waals surface area contributed by atoms with Crippen molar-refractivity contribution in [2.45, 2.75) is 6.54 Å². The maximum atomic E-state index is 6.07. The minimum absolute atomic E-state index is 0.800. The number of benzene rings is 2. The van der Waals surface area contributed by atoms with E-state index >= 15 is 0 Å². The molecule has 0 aromatic heterocycles. The van der Waals surface area contributed by atoms with Gasteiger partial charge in [-0.1, -0.05) is 41.4 Å². The molecule has 0 unspecified atom stereocenters. The van der Waals surface area contributed by atoms with Gasteiger partial charge in [0.05, 0.1) is 0 Å². The molecule has 0 radical (unpaired) electrons. The van der Waals surface area contributed by atoms with Gasteiger partial charge in [0.15, 0.2) is 0 Å². The normalized spacial score (nSPS) is 16.2. The quantitative estimate of drug-likeness (QED) is 0.831. The van der Waals surface area contributed by atoms with E-state index in [1.54, 1.807) is 0 Å². The van der Waals surface area contributed by atoms with Crippen LogP contribution in [0.1, 0.15) is 5.56 Å². The molecule has 1 saturated heterocycles. The van der Waals surface area contributed by atoms with Crippen molar-refractivity contribution < 1.29 is 0 Å². The monoisotopic (exact) mass is 320 g/mol. The second-order valence-electron chi connectivity index (χ2n) is 5.37. The van der Waals surface area contributed by atoms with Gasteiger partial charge in [0.25, 0.3) is 0 Å². The van der Waals surface area contributed by atoms with Crippen molar-refractivity contribution in [3.05, 3.63) is 64.1 Å². The van der Waals surface area contributed by atoms with Crippen LogP contribution in [0.2, 0.25) is 10.0 Å². The van der Waals surface area contributed by atoms with E-state index in [4.69, 9.17) is 23.2 Å². The Bertz CT molecular complexity index is 607. The van der Waals surface area contributed by atoms with Crippen molar-refractivity contribution in [1.82, 2.24) is 4.90 Å². The zero-order valence-electron chi connectivity index (χ0n) is 11.8. The second kappa shape index (κ2) is 6.69. The summed E-state index contributed by atoms with van der Waals surface area (Å²) < 4.78 is 0. The summed E-state index contributed by atoms with van der Waals surface area (Å²) >= 11 is 12.1. The molecule has 2 aromatic carbocycles. The second-order valence-corrected chi connectivity index (χ2v) is 6.25. The van der Waals surface area contributed by atoms with Crippen molar-refractivity contribution in [2.75, 3.05) is 31.1 Å². The molecule has 1 fully saturated rings. The van der Waals surface area contributed by atoms with Gasteiger partial charge in [-0.25, -0.2) is 0 Å². The van der Waals surface area contributed by atoms with E-state index in [2.05, 4.69) is 21.9 Å². The highest BCUT2D eigenvalue weighted by Crippen LogP contribution is 2.21. The zero-order valence-corrected chi connectivity index (χ0v) is 13.3. The molecule has 0 atom stereocenters. The maximum Gasteiger partial charge on any atom is 0.0426 e. The van der Waals surface area contributed by atoms with E-state index in [1.165, 1.54) is 11.3 Å². The molecule has 3 rings (SSSR count). The molecule has 0 spiro atoms. The van der Waals surface area contributed by atoms with Crippen LogP contribution in [0.15, 0.2) is 48.5 Å². The molecule has 2 aromatic rings. The molecular formula is C17H18Cl2N2. The van der Waals surface area contributed by atoms with Crippen LogP contribution in [0.5, 0.6) is 0 Å². The van der Waals surface area contributed by atoms with Gasteiger partial charge in [0.1, 0.15) is 0 Å². The highest BCUT2D eigenvalue weighted by atomic mass is 35.5. The van der Waals surface area contributed by atoms with Gasteiger partial charge in [-0.15, -0.1) is 0 Å². The van der Waals surface area contributed by atoms with Crippen LogP contribution in [0, 0.1) is 0 Å². The number of rotatable bonds is 3. The Morgan fingerprint density at radius 3 is 2.14 bits per heavy atom. The maximum absolute atomic E-state index is 6.07. The minimum atomic E-state index is 0.800. The fourth-order valence-corrected chi connectivity index (χ4v) is 3.13. The molecule has 0 amide bonds. The van der Waals surface area contributed by atoms with E-state index in [0.29, 0.717) is 0 Å². The lowest BCUT2D eigenvalue weighted by atomic mass is 10.2. The molecule has 21 heavy (non-hydrogen) atoms. The predicted octanol–water partition coefficient (Wildman–Crippen LogP) is 4.32. The van der Waals surface area contributed by atoms with Crippen LogP contribution in [-0.2, 0) is 6.54 Å². The highest BCUT2D eigenvalue weighted by molar-refractivity contribution is 6.31. The first-order valence-corrected chi connectivity index (χ1v) is 7.93. The van der Waals surface area contributed by atoms with E-state index < -0.39 is 0 Å². The van der Waals surface area contributed by atoms with Crippen LogP contribution in [0.4, 0.5) is 5.69 Å². The van der Waals surface area contributed by atoms with Crippen LogP contribution >= 0.6 is 23.2 Å². The van der Waals surface area contributed by atoms with Crippen LogP contribution in [-0.4, -0.2) is 31.1 Å². The molecule has 0 aliphatic carbocycles. The predicted molar refractivity (Wildman–Crippen MR) is 90.4 cm³/mol. The lowest BCUT2D eigenvalue weighted by Gasteiger charge is -2.36. The summed E-state index contributed by atoms with van der Waals surface area (Å²) in [6, 6.07) is 16.2. The number of anilines is 1. The smallest absolute Gasteiger partial charge is 0.0426 e. The van der Waals surface area contributed by atoms with Crippen LogP contribution in [0.3, 0.4) is 0 Å². The summed E-state index contributed by atoms with van der Waals surface area (Å²) in [5, 5.41) is 1.61. The third-order valence-corrected chi connectivity index (χ3v) is 4.31. The average molecular weight is 321 g/mol. The Morgan fingerprint density at radius 2 is 1.48 bits per heavy atom. The highest BCUT2D eigenvalue weighted by Gasteiger charge is 2.17. The number of nitrogens with zero attached hydrogens (tertiary/aromatic N) is 2. The Hall–Kier alpha value is -1.22. The fourth-order valence-electron chi connectivity index (χ4n) is 2.73. The van der Waals surface area contributed by atoms with E-state index in [1.807, 2.05) is 36.4 Å². The van der Waals surface area contributed by atoms with Gasteiger partial charge < -0.3 is 4.90 Å². The largest absolute Gasteiger partial charge is 0.369 e. The van der Waals surface area contributed by atoms with Crippen LogP contribution in [0.25, 0.3) is 0 Å². The summed E-state index contributed by atoms with van der Waals surface area (Å²) in [5.41, 5.74) is 2.49. The van der Waals surface area contributed by atoms with Gasteiger partial charge in [-0.05, 0) is 35.9 Å². The molecular weight excluding hydrogens is 303 g/mol. The van der Waals surface area contributed by atoms with Crippen molar-refractivity contribution in [3.63, 3.8) is 0 Å². The fraction of sp³-hybridized carbons (Fsp3) is 0.294. The molecule has 4 heteroatoms. The SMILES string of the molecule is Clc1cccc(CN2CCN(c3cccc(Cl)c3)CC2)c1. The van der Waals surface area contributed by atoms with Crippen molar-refractivity contribution in [2.24, 2.45) is 0 Å². The Labute approximate surface area is 135 Å². The molecule has 1 aliphatic heterocycles. The van der Waals surface area contributed by atoms with E-state index in [0.717, 1.165) is 42.8 Å². The number of hydrogen-bond donors (Lipinski definition) is 0. The summed E-state index contributed by atoms with van der Waals surface area (Å²) in [6.45, 7) is 5.13. The lowest BCUT2D eigenvalue weighted by Crippen LogP contribution is -2.45. The zero-order chi connectivity index (χ0) is 14.7. The first-order valence-electron chi connectivity index (χ1n) is 7.18. The number of halogens is 2. The van der Waals surface area contributed by atoms with Gasteiger partial charge in [-0.2, -0.15) is 0 Å². The standard InChI is InChI=1S/C17H18Cl2N2/c18-15-4-1-3-14(11-15)13-20-7-9-21(10-8-20)17-6-2-5-16(19)12-17/h1-6,11-12H,7-10,13H2. The topological polar surface area (TPSA) is 6.48 Å². The summed E-state index contributed by atoms with van der Waals surface area (Å²) in [4.78, 5) is 4.85. The van der Waals surface area contributed by atoms with Crippen molar-refractivity contribution >= 4 is 28.9 Å². The Balaban J connectivity index is 1.58. The minimum Gasteiger partial charge on any atom is -0.369 e. The van der Waals surface area contributed by atoms with Gasteiger partial charge >= 0.3 is 0 Å². The first-order chi connectivity index (χ1) is 10.2. The number of hydrogen-bond acceptors (Lipinski definition) is 2. The third-order valence-electron chi connectivity index (χ3n) is 3.84. The summed E-state index contributed by atoms with van der Waals surface area (Å²) in [6.07, 6.45) is 0. The molecule has 2 nitrogen and oxygen atoms in total. The third kappa shape index (κ3) is 3.91. The number of piperazine rings is 1. The van der Waals surface area contributed by atoms with Crippen LogP contribution < -0.4 is 4.90 Å². The molecule has 0 saturated carbocycles. The molecule has 1 aliphatic rings. The molecule has 110 valence electrons. The van der Waals surface area contributed by atoms with E-state index in [9.17, 15) is 0 Å². The summed E-state index contributed by atoms with van der Waals surface area (Å²) in [5.74, 6) is 0. The van der Waals surface area contributed by atoms with Gasteiger partial charge in [0, 0.05) is 48.5 Å². The van der Waals surface area contributed by atoms with Crippen molar-refractivity contribution in [3.8, 4) is 0 Å². The molecule has 0 bridgehead atoms. The molecule has 0 N–H and O–H groups in total. The van der Waals surface area contributed by atoms with E-state index in [-0.39, 0.29) is 0 Å². The average Bonchev–Trinajstić information content (AvgIpc) is 2.48. The first kappa shape index (κ1) is 14.7. The van der Waals surface area contributed by atoms with Gasteiger partial charge in [0.2, 0.25) is 0 Å². The summed E-state index contributed by atoms with van der Waals surface area (Å²) in [7, 11) is 0. The van der Waals surface area contributed by atoms with Crippen molar-refractivity contribution in [1.29, 1.82) is 0 Å². The Morgan fingerprint density at radius 1 is 0.810 bits per heavy atom. The Kier molecular flexibility index (Phi) is 4.69. The van der Waals surface area contributed by atoms with Gasteiger partial charge in [-0.3, -0.25) is 4.90 Å². The lowest BCUT2D eigenvalue weighted by molar-refractivity contribution is 0.250. The molecule has 1 heterocycles.